The van der Waals surface area contributed by atoms with Gasteiger partial charge < -0.3 is 0 Å². The average molecular weight is 180 g/mol. The molecule has 5 heteroatoms. The Hall–Kier alpha value is -0.843. The first kappa shape index (κ1) is 8.26. The number of rotatable bonds is 0. The topological polar surface area (TPSA) is 0 Å². The molecule has 1 aromatic rings. The van der Waals surface area contributed by atoms with Crippen molar-refractivity contribution in [1.82, 2.24) is 0 Å². The van der Waals surface area contributed by atoms with E-state index >= 15 is 0 Å². The van der Waals surface area contributed by atoms with Crippen LogP contribution in [0.3, 0.4) is 0 Å². The minimum Gasteiger partial charge on any atom is -0.204 e. The molecule has 0 spiro atoms. The lowest BCUT2D eigenvalue weighted by molar-refractivity contribution is 0.463. The molecule has 0 aromatic heterocycles. The van der Waals surface area contributed by atoms with Gasteiger partial charge in [-0.3, -0.25) is 0 Å². The standard InChI is InChI=1S/C6H4F4Si/c7-2-1-3(8)5(10)6(11)4(2)9/h1H,11H3. The van der Waals surface area contributed by atoms with Crippen LogP contribution in [0.25, 0.3) is 0 Å². The van der Waals surface area contributed by atoms with E-state index in [1.54, 1.807) is 0 Å². The summed E-state index contributed by atoms with van der Waals surface area (Å²) in [6.45, 7) is 0. The van der Waals surface area contributed by atoms with E-state index in [1.165, 1.54) is 0 Å². The molecule has 1 rings (SSSR count). The first-order valence-corrected chi connectivity index (χ1v) is 3.83. The number of benzene rings is 1. The molecule has 0 aliphatic rings. The zero-order chi connectivity index (χ0) is 8.59. The highest BCUT2D eigenvalue weighted by Crippen LogP contribution is 2.08. The van der Waals surface area contributed by atoms with Crippen LogP contribution in [0.2, 0.25) is 0 Å². The largest absolute Gasteiger partial charge is 0.204 e. The molecule has 0 atom stereocenters. The minimum absolute atomic E-state index is 0.0544. The van der Waals surface area contributed by atoms with Crippen LogP contribution in [-0.4, -0.2) is 10.2 Å². The lowest BCUT2D eigenvalue weighted by Crippen LogP contribution is -2.17. The molecule has 0 radical (unpaired) electrons. The zero-order valence-electron chi connectivity index (χ0n) is 5.59. The highest BCUT2D eigenvalue weighted by atomic mass is 28.1. The van der Waals surface area contributed by atoms with Crippen LogP contribution >= 0.6 is 0 Å². The van der Waals surface area contributed by atoms with E-state index in [0.29, 0.717) is 0 Å². The number of hydrogen-bond acceptors (Lipinski definition) is 0. The van der Waals surface area contributed by atoms with Gasteiger partial charge in [0.1, 0.15) is 0 Å². The Kier molecular flexibility index (Phi) is 1.99. The van der Waals surface area contributed by atoms with Crippen LogP contribution in [0, 0.1) is 23.3 Å². The highest BCUT2D eigenvalue weighted by Gasteiger charge is 2.14. The molecule has 0 saturated carbocycles. The molecule has 0 fully saturated rings. The van der Waals surface area contributed by atoms with Gasteiger partial charge in [0.2, 0.25) is 0 Å². The smallest absolute Gasteiger partial charge is 0.161 e. The molecule has 0 aliphatic heterocycles. The van der Waals surface area contributed by atoms with E-state index in [4.69, 9.17) is 0 Å². The fourth-order valence-corrected chi connectivity index (χ4v) is 1.17. The van der Waals surface area contributed by atoms with Gasteiger partial charge in [0.25, 0.3) is 0 Å². The SMILES string of the molecule is Fc1cc(F)c(F)c([SiH3])c1F. The van der Waals surface area contributed by atoms with E-state index in [9.17, 15) is 17.6 Å². The van der Waals surface area contributed by atoms with E-state index < -0.39 is 28.5 Å². The van der Waals surface area contributed by atoms with Crippen molar-refractivity contribution >= 4 is 15.4 Å². The third-order valence-electron chi connectivity index (χ3n) is 1.33. The monoisotopic (exact) mass is 180 g/mol. The van der Waals surface area contributed by atoms with Gasteiger partial charge in [0.15, 0.2) is 23.3 Å². The van der Waals surface area contributed by atoms with Crippen molar-refractivity contribution in [1.29, 1.82) is 0 Å². The van der Waals surface area contributed by atoms with E-state index in [-0.39, 0.29) is 16.3 Å². The fourth-order valence-electron chi connectivity index (χ4n) is 0.693. The van der Waals surface area contributed by atoms with Crippen LogP contribution in [0.4, 0.5) is 17.6 Å². The lowest BCUT2D eigenvalue weighted by Gasteiger charge is -1.99. The number of hydrogen-bond donors (Lipinski definition) is 0. The van der Waals surface area contributed by atoms with E-state index in [2.05, 4.69) is 0 Å². The van der Waals surface area contributed by atoms with Crippen molar-refractivity contribution in [3.8, 4) is 0 Å². The summed E-state index contributed by atoms with van der Waals surface area (Å²) in [7, 11) is -0.0544. The second kappa shape index (κ2) is 2.65. The van der Waals surface area contributed by atoms with Gasteiger partial charge in [-0.05, 0) is 0 Å². The van der Waals surface area contributed by atoms with Crippen LogP contribution in [0.15, 0.2) is 6.07 Å². The number of halogens is 4. The first-order chi connectivity index (χ1) is 5.04. The zero-order valence-corrected chi connectivity index (χ0v) is 7.59. The summed E-state index contributed by atoms with van der Waals surface area (Å²) in [5.74, 6) is -5.24. The molecule has 0 unspecified atom stereocenters. The van der Waals surface area contributed by atoms with Crippen molar-refractivity contribution in [2.24, 2.45) is 0 Å². The molecular weight excluding hydrogens is 176 g/mol. The summed E-state index contributed by atoms with van der Waals surface area (Å²) in [6.07, 6.45) is 0. The molecule has 11 heavy (non-hydrogen) atoms. The van der Waals surface area contributed by atoms with Gasteiger partial charge in [-0.25, -0.2) is 17.6 Å². The predicted molar refractivity (Wildman–Crippen MR) is 35.8 cm³/mol. The van der Waals surface area contributed by atoms with E-state index in [0.717, 1.165) is 0 Å². The molecule has 0 heterocycles. The molecule has 0 N–H and O–H groups in total. The van der Waals surface area contributed by atoms with Gasteiger partial charge in [-0.1, -0.05) is 0 Å². The third-order valence-corrected chi connectivity index (χ3v) is 2.21. The Bertz CT molecular complexity index is 271. The van der Waals surface area contributed by atoms with Gasteiger partial charge in [0.05, 0.1) is 0 Å². The third kappa shape index (κ3) is 1.28. The maximum absolute atomic E-state index is 12.4. The van der Waals surface area contributed by atoms with Crippen LogP contribution < -0.4 is 5.19 Å². The predicted octanol–water partition coefficient (Wildman–Crippen LogP) is 0.234. The van der Waals surface area contributed by atoms with E-state index in [1.807, 2.05) is 0 Å². The molecule has 0 nitrogen and oxygen atoms in total. The van der Waals surface area contributed by atoms with Crippen molar-refractivity contribution in [3.05, 3.63) is 29.3 Å². The Balaban J connectivity index is 3.46. The van der Waals surface area contributed by atoms with Crippen molar-refractivity contribution in [2.75, 3.05) is 0 Å². The Morgan fingerprint density at radius 1 is 0.909 bits per heavy atom. The van der Waals surface area contributed by atoms with Gasteiger partial charge in [-0.15, -0.1) is 0 Å². The molecule has 60 valence electrons. The molecular formula is C6H4F4Si. The second-order valence-corrected chi connectivity index (χ2v) is 3.09. The fraction of sp³-hybridized carbons (Fsp3) is 0. The summed E-state index contributed by atoms with van der Waals surface area (Å²) in [5, 5.41) is -0.498. The second-order valence-electron chi connectivity index (χ2n) is 2.09. The molecule has 0 amide bonds. The quantitative estimate of drug-likeness (QED) is 0.305. The van der Waals surface area contributed by atoms with Gasteiger partial charge in [0, 0.05) is 21.5 Å². The van der Waals surface area contributed by atoms with Crippen molar-refractivity contribution < 1.29 is 17.6 Å². The molecule has 1 aromatic carbocycles. The first-order valence-electron chi connectivity index (χ1n) is 2.83. The Morgan fingerprint density at radius 2 is 1.27 bits per heavy atom. The van der Waals surface area contributed by atoms with Crippen LogP contribution in [0.1, 0.15) is 0 Å². The summed E-state index contributed by atoms with van der Waals surface area (Å²) >= 11 is 0. The van der Waals surface area contributed by atoms with Crippen LogP contribution in [-0.2, 0) is 0 Å². The van der Waals surface area contributed by atoms with Gasteiger partial charge >= 0.3 is 0 Å². The maximum Gasteiger partial charge on any atom is 0.161 e. The van der Waals surface area contributed by atoms with Crippen molar-refractivity contribution in [3.63, 3.8) is 0 Å². The Labute approximate surface area is 63.3 Å². The molecule has 0 saturated heterocycles. The summed E-state index contributed by atoms with van der Waals surface area (Å²) in [4.78, 5) is 0. The minimum atomic E-state index is -1.34. The summed E-state index contributed by atoms with van der Waals surface area (Å²) in [6, 6.07) is 0.200. The van der Waals surface area contributed by atoms with Gasteiger partial charge in [-0.2, -0.15) is 0 Å². The molecule has 0 aliphatic carbocycles. The maximum atomic E-state index is 12.4. The normalized spacial score (nSPS) is 10.5. The Morgan fingerprint density at radius 3 is 1.64 bits per heavy atom. The average Bonchev–Trinajstić information content (AvgIpc) is 1.97. The lowest BCUT2D eigenvalue weighted by atomic mass is 10.3. The summed E-state index contributed by atoms with van der Waals surface area (Å²) in [5.41, 5.74) is 0. The van der Waals surface area contributed by atoms with Crippen LogP contribution in [0.5, 0.6) is 0 Å². The highest BCUT2D eigenvalue weighted by molar-refractivity contribution is 6.32. The van der Waals surface area contributed by atoms with Crippen molar-refractivity contribution in [2.45, 2.75) is 0 Å². The summed E-state index contributed by atoms with van der Waals surface area (Å²) < 4.78 is 49.4. The molecule has 0 bridgehead atoms.